The number of benzene rings is 2. The van der Waals surface area contributed by atoms with E-state index >= 15 is 0 Å². The third-order valence-electron chi connectivity index (χ3n) is 3.57. The minimum absolute atomic E-state index is 0.331. The van der Waals surface area contributed by atoms with Crippen LogP contribution in [-0.2, 0) is 9.53 Å². The maximum absolute atomic E-state index is 12.1. The highest BCUT2D eigenvalue weighted by Gasteiger charge is 2.19. The first-order valence-corrected chi connectivity index (χ1v) is 8.30. The number of amides is 1. The number of ether oxygens (including phenoxy) is 2. The van der Waals surface area contributed by atoms with Gasteiger partial charge in [-0.1, -0.05) is 18.2 Å². The second-order valence-electron chi connectivity index (χ2n) is 5.55. The number of ketones is 1. The molecule has 26 heavy (non-hydrogen) atoms. The molecule has 0 aromatic heterocycles. The quantitative estimate of drug-likeness (QED) is 0.581. The Bertz CT molecular complexity index is 756. The van der Waals surface area contributed by atoms with Gasteiger partial charge in [0, 0.05) is 11.1 Å². The van der Waals surface area contributed by atoms with Crippen molar-refractivity contribution in [3.63, 3.8) is 0 Å². The van der Waals surface area contributed by atoms with Crippen molar-refractivity contribution in [3.8, 4) is 5.75 Å². The van der Waals surface area contributed by atoms with Crippen LogP contribution in [0.3, 0.4) is 0 Å². The predicted octanol–water partition coefficient (Wildman–Crippen LogP) is 2.63. The molecule has 0 saturated carbocycles. The Morgan fingerprint density at radius 3 is 2.23 bits per heavy atom. The highest BCUT2D eigenvalue weighted by molar-refractivity contribution is 5.99. The lowest BCUT2D eigenvalue weighted by Gasteiger charge is -2.13. The van der Waals surface area contributed by atoms with Gasteiger partial charge in [-0.15, -0.1) is 0 Å². The van der Waals surface area contributed by atoms with Crippen molar-refractivity contribution in [2.75, 3.05) is 13.2 Å². The van der Waals surface area contributed by atoms with Gasteiger partial charge in [0.2, 0.25) is 0 Å². The molecule has 0 fully saturated rings. The summed E-state index contributed by atoms with van der Waals surface area (Å²) in [5.74, 6) is -0.720. The monoisotopic (exact) mass is 355 g/mol. The minimum atomic E-state index is -0.865. The summed E-state index contributed by atoms with van der Waals surface area (Å²) in [5.41, 5.74) is 0.861. The van der Waals surface area contributed by atoms with Gasteiger partial charge < -0.3 is 14.8 Å². The summed E-state index contributed by atoms with van der Waals surface area (Å²) in [6.07, 6.45) is 0. The van der Waals surface area contributed by atoms with Crippen molar-refractivity contribution < 1.29 is 23.9 Å². The second-order valence-corrected chi connectivity index (χ2v) is 5.55. The number of hydrogen-bond donors (Lipinski definition) is 1. The van der Waals surface area contributed by atoms with Gasteiger partial charge in [0.25, 0.3) is 5.91 Å². The maximum Gasteiger partial charge on any atom is 0.328 e. The molecule has 0 unspecified atom stereocenters. The SMILES string of the molecule is CCOc1ccc(C(=O)COC(=O)[C@H](C)NC(=O)c2ccccc2)cc1. The number of hydrogen-bond acceptors (Lipinski definition) is 5. The molecule has 136 valence electrons. The van der Waals surface area contributed by atoms with Crippen LogP contribution in [0.25, 0.3) is 0 Å². The number of carbonyl (C=O) groups excluding carboxylic acids is 3. The topological polar surface area (TPSA) is 81.7 Å². The third kappa shape index (κ3) is 5.44. The molecule has 2 aromatic carbocycles. The van der Waals surface area contributed by atoms with Crippen LogP contribution < -0.4 is 10.1 Å². The highest BCUT2D eigenvalue weighted by atomic mass is 16.5. The molecule has 0 heterocycles. The lowest BCUT2D eigenvalue weighted by atomic mass is 10.1. The van der Waals surface area contributed by atoms with Crippen LogP contribution in [0.1, 0.15) is 34.6 Å². The molecule has 6 heteroatoms. The molecule has 2 aromatic rings. The van der Waals surface area contributed by atoms with Crippen LogP contribution in [0, 0.1) is 0 Å². The largest absolute Gasteiger partial charge is 0.494 e. The Kier molecular flexibility index (Phi) is 6.91. The third-order valence-corrected chi connectivity index (χ3v) is 3.57. The molecular formula is C20H21NO5. The van der Waals surface area contributed by atoms with E-state index in [-0.39, 0.29) is 11.7 Å². The normalized spacial score (nSPS) is 11.3. The van der Waals surface area contributed by atoms with Crippen LogP contribution >= 0.6 is 0 Å². The smallest absolute Gasteiger partial charge is 0.328 e. The first-order chi connectivity index (χ1) is 12.5. The van der Waals surface area contributed by atoms with E-state index in [2.05, 4.69) is 5.32 Å². The van der Waals surface area contributed by atoms with Gasteiger partial charge in [0.1, 0.15) is 11.8 Å². The van der Waals surface area contributed by atoms with Gasteiger partial charge in [-0.2, -0.15) is 0 Å². The Hall–Kier alpha value is -3.15. The summed E-state index contributed by atoms with van der Waals surface area (Å²) in [6.45, 7) is 3.52. The summed E-state index contributed by atoms with van der Waals surface area (Å²) >= 11 is 0. The van der Waals surface area contributed by atoms with Crippen molar-refractivity contribution in [1.82, 2.24) is 5.32 Å². The molecule has 2 rings (SSSR count). The van der Waals surface area contributed by atoms with Crippen molar-refractivity contribution in [1.29, 1.82) is 0 Å². The van der Waals surface area contributed by atoms with Gasteiger partial charge in [0.05, 0.1) is 6.61 Å². The van der Waals surface area contributed by atoms with Gasteiger partial charge in [-0.05, 0) is 50.2 Å². The molecule has 0 spiro atoms. The van der Waals surface area contributed by atoms with Crippen LogP contribution in [0.15, 0.2) is 54.6 Å². The van der Waals surface area contributed by atoms with E-state index < -0.39 is 18.6 Å². The maximum atomic E-state index is 12.1. The van der Waals surface area contributed by atoms with E-state index in [0.29, 0.717) is 23.5 Å². The second kappa shape index (κ2) is 9.36. The van der Waals surface area contributed by atoms with Crippen molar-refractivity contribution >= 4 is 17.7 Å². The summed E-state index contributed by atoms with van der Waals surface area (Å²) < 4.78 is 10.3. The van der Waals surface area contributed by atoms with E-state index in [1.165, 1.54) is 6.92 Å². The number of Topliss-reactive ketones (excluding diaryl/α,β-unsaturated/α-hetero) is 1. The molecule has 0 aliphatic rings. The minimum Gasteiger partial charge on any atom is -0.494 e. The van der Waals surface area contributed by atoms with Gasteiger partial charge in [-0.25, -0.2) is 4.79 Å². The summed E-state index contributed by atoms with van der Waals surface area (Å²) in [7, 11) is 0. The lowest BCUT2D eigenvalue weighted by molar-refractivity contribution is -0.144. The fourth-order valence-corrected chi connectivity index (χ4v) is 2.18. The van der Waals surface area contributed by atoms with Crippen molar-refractivity contribution in [2.24, 2.45) is 0 Å². The van der Waals surface area contributed by atoms with Crippen LogP contribution in [0.5, 0.6) is 5.75 Å². The molecule has 0 aliphatic carbocycles. The lowest BCUT2D eigenvalue weighted by Crippen LogP contribution is -2.40. The van der Waals surface area contributed by atoms with Crippen LogP contribution in [-0.4, -0.2) is 36.9 Å². The molecule has 6 nitrogen and oxygen atoms in total. The standard InChI is InChI=1S/C20H21NO5/c1-3-25-17-11-9-15(10-12-17)18(22)13-26-20(24)14(2)21-19(23)16-7-5-4-6-8-16/h4-12,14H,3,13H2,1-2H3,(H,21,23)/t14-/m0/s1. The van der Waals surface area contributed by atoms with E-state index in [4.69, 9.17) is 9.47 Å². The molecule has 0 bridgehead atoms. The zero-order chi connectivity index (χ0) is 18.9. The Balaban J connectivity index is 1.83. The first kappa shape index (κ1) is 19.2. The highest BCUT2D eigenvalue weighted by Crippen LogP contribution is 2.12. The molecular weight excluding hydrogens is 334 g/mol. The molecule has 0 radical (unpaired) electrons. The molecule has 0 saturated heterocycles. The van der Waals surface area contributed by atoms with Crippen LogP contribution in [0.2, 0.25) is 0 Å². The number of carbonyl (C=O) groups is 3. The zero-order valence-corrected chi connectivity index (χ0v) is 14.7. The van der Waals surface area contributed by atoms with Gasteiger partial charge in [0.15, 0.2) is 12.4 Å². The predicted molar refractivity (Wildman–Crippen MR) is 96.3 cm³/mol. The van der Waals surface area contributed by atoms with E-state index in [9.17, 15) is 14.4 Å². The number of nitrogens with one attached hydrogen (secondary N) is 1. The fraction of sp³-hybridized carbons (Fsp3) is 0.250. The molecule has 1 atom stereocenters. The van der Waals surface area contributed by atoms with E-state index in [1.807, 2.05) is 6.92 Å². The van der Waals surface area contributed by atoms with Crippen molar-refractivity contribution in [3.05, 3.63) is 65.7 Å². The van der Waals surface area contributed by atoms with E-state index in [0.717, 1.165) is 0 Å². The Morgan fingerprint density at radius 2 is 1.62 bits per heavy atom. The fourth-order valence-electron chi connectivity index (χ4n) is 2.18. The summed E-state index contributed by atoms with van der Waals surface area (Å²) in [4.78, 5) is 36.1. The van der Waals surface area contributed by atoms with Gasteiger partial charge >= 0.3 is 5.97 Å². The number of rotatable bonds is 8. The Morgan fingerprint density at radius 1 is 0.962 bits per heavy atom. The summed E-state index contributed by atoms with van der Waals surface area (Å²) in [6, 6.07) is 14.3. The van der Waals surface area contributed by atoms with E-state index in [1.54, 1.807) is 54.6 Å². The summed E-state index contributed by atoms with van der Waals surface area (Å²) in [5, 5.41) is 2.54. The molecule has 0 aliphatic heterocycles. The zero-order valence-electron chi connectivity index (χ0n) is 14.7. The molecule has 1 amide bonds. The van der Waals surface area contributed by atoms with Gasteiger partial charge in [-0.3, -0.25) is 9.59 Å². The average Bonchev–Trinajstić information content (AvgIpc) is 2.67. The Labute approximate surface area is 152 Å². The van der Waals surface area contributed by atoms with Crippen LogP contribution in [0.4, 0.5) is 0 Å². The first-order valence-electron chi connectivity index (χ1n) is 8.30. The average molecular weight is 355 g/mol. The molecule has 1 N–H and O–H groups in total. The number of esters is 1. The van der Waals surface area contributed by atoms with Crippen molar-refractivity contribution in [2.45, 2.75) is 19.9 Å².